The number of benzene rings is 1. The molecule has 4 heterocycles. The highest BCUT2D eigenvalue weighted by Gasteiger charge is 2.61. The van der Waals surface area contributed by atoms with Crippen LogP contribution >= 0.6 is 11.3 Å². The fourth-order valence-corrected chi connectivity index (χ4v) is 7.98. The second-order valence-electron chi connectivity index (χ2n) is 13.5. The molecule has 2 aliphatic carbocycles. The van der Waals surface area contributed by atoms with Crippen molar-refractivity contribution in [2.75, 3.05) is 6.54 Å². The average Bonchev–Trinajstić information content (AvgIpc) is 3.58. The highest BCUT2D eigenvalue weighted by molar-refractivity contribution is 7.13. The van der Waals surface area contributed by atoms with Crippen LogP contribution in [0.1, 0.15) is 70.6 Å². The molecular formula is C36H41N5O7S. The lowest BCUT2D eigenvalue weighted by Gasteiger charge is -2.29. The third-order valence-corrected chi connectivity index (χ3v) is 10.9. The first-order chi connectivity index (χ1) is 23.8. The molecule has 2 saturated carbocycles. The van der Waals surface area contributed by atoms with Crippen LogP contribution in [0.5, 0.6) is 5.88 Å². The number of aromatic nitrogens is 2. The van der Waals surface area contributed by atoms with Crippen LogP contribution < -0.4 is 15.4 Å². The van der Waals surface area contributed by atoms with Crippen molar-refractivity contribution in [3.8, 4) is 16.5 Å². The lowest BCUT2D eigenvalue weighted by molar-refractivity contribution is -0.145. The molecule has 2 aromatic heterocycles. The maximum atomic E-state index is 14.4. The van der Waals surface area contributed by atoms with E-state index in [9.17, 15) is 24.3 Å². The minimum Gasteiger partial charge on any atom is -0.479 e. The third-order valence-electron chi connectivity index (χ3n) is 10.1. The van der Waals surface area contributed by atoms with Gasteiger partial charge < -0.3 is 30.1 Å². The molecule has 3 N–H and O–H groups in total. The second kappa shape index (κ2) is 14.1. The highest BCUT2D eigenvalue weighted by Crippen LogP contribution is 2.45. The summed E-state index contributed by atoms with van der Waals surface area (Å²) in [6, 6.07) is 9.37. The molecule has 7 rings (SSSR count). The maximum absolute atomic E-state index is 14.4. The maximum Gasteiger partial charge on any atom is 0.408 e. The van der Waals surface area contributed by atoms with E-state index in [2.05, 4.69) is 10.6 Å². The van der Waals surface area contributed by atoms with Crippen molar-refractivity contribution in [3.63, 3.8) is 0 Å². The Labute approximate surface area is 288 Å². The molecule has 1 aromatic carbocycles. The Bertz CT molecular complexity index is 1740. The Hall–Kier alpha value is -4.52. The van der Waals surface area contributed by atoms with Crippen LogP contribution in [0.4, 0.5) is 4.79 Å². The van der Waals surface area contributed by atoms with Gasteiger partial charge in [-0.25, -0.2) is 19.6 Å². The van der Waals surface area contributed by atoms with Crippen molar-refractivity contribution < 1.29 is 33.8 Å². The molecule has 3 amide bonds. The number of para-hydroxylation sites is 2. The smallest absolute Gasteiger partial charge is 0.408 e. The zero-order chi connectivity index (χ0) is 34.0. The molecule has 1 saturated heterocycles. The number of fused-ring (bicyclic) bond motifs is 3. The van der Waals surface area contributed by atoms with Crippen LogP contribution in [0.2, 0.25) is 0 Å². The number of alkyl carbamates (subject to hydrolysis) is 1. The molecule has 2 aliphatic heterocycles. The molecule has 0 unspecified atom stereocenters. The first-order valence-corrected chi connectivity index (χ1v) is 18.2. The predicted molar refractivity (Wildman–Crippen MR) is 182 cm³/mol. The number of amides is 3. The summed E-state index contributed by atoms with van der Waals surface area (Å²) in [5.41, 5.74) is 0.471. The topological polar surface area (TPSA) is 160 Å². The normalized spacial score (nSPS) is 28.4. The van der Waals surface area contributed by atoms with Crippen molar-refractivity contribution in [2.24, 2.45) is 5.92 Å². The largest absolute Gasteiger partial charge is 0.479 e. The van der Waals surface area contributed by atoms with Crippen molar-refractivity contribution in [2.45, 2.75) is 100 Å². The first kappa shape index (κ1) is 33.0. The molecule has 258 valence electrons. The van der Waals surface area contributed by atoms with Gasteiger partial charge >= 0.3 is 12.1 Å². The van der Waals surface area contributed by atoms with Crippen LogP contribution in [-0.4, -0.2) is 80.2 Å². The predicted octanol–water partition coefficient (Wildman–Crippen LogP) is 5.22. The quantitative estimate of drug-likeness (QED) is 0.295. The Balaban J connectivity index is 1.19. The van der Waals surface area contributed by atoms with E-state index >= 15 is 0 Å². The summed E-state index contributed by atoms with van der Waals surface area (Å²) in [5, 5.41) is 17.7. The van der Waals surface area contributed by atoms with Gasteiger partial charge in [0.2, 0.25) is 17.7 Å². The van der Waals surface area contributed by atoms with Crippen molar-refractivity contribution in [3.05, 3.63) is 53.9 Å². The van der Waals surface area contributed by atoms with E-state index in [0.717, 1.165) is 49.8 Å². The van der Waals surface area contributed by atoms with Crippen molar-refractivity contribution >= 4 is 46.2 Å². The molecule has 4 aliphatic rings. The number of allylic oxidation sites excluding steroid dienone is 1. The van der Waals surface area contributed by atoms with E-state index in [0.29, 0.717) is 29.6 Å². The molecule has 3 aromatic rings. The van der Waals surface area contributed by atoms with E-state index < -0.39 is 47.6 Å². The van der Waals surface area contributed by atoms with E-state index in [1.807, 2.05) is 53.9 Å². The Morgan fingerprint density at radius 3 is 2.51 bits per heavy atom. The number of hydrogen-bond acceptors (Lipinski definition) is 9. The van der Waals surface area contributed by atoms with Gasteiger partial charge in [-0.15, -0.1) is 11.3 Å². The monoisotopic (exact) mass is 687 g/mol. The van der Waals surface area contributed by atoms with Gasteiger partial charge in [0.15, 0.2) is 0 Å². The number of ether oxygens (including phenoxy) is 2. The standard InChI is InChI=1S/C36H41N5O7S/c42-31-28-19-24(47-32-30(29-17-10-18-49-29)37-25-14-8-9-15-26(25)38-32)21-41(28)33(43)27(39-35(46)48-23-12-6-7-13-23)16-5-3-1-2-4-11-22-20-36(22,40-31)34(44)45/h4,8-11,14-15,17-18,22-24,27-28H,1-3,5-7,12-13,16,19-21H2,(H,39,46)(H,40,42)(H,44,45)/b11-4-/t22-,24+,27-,28+,36+/m1/s1. The van der Waals surface area contributed by atoms with E-state index in [4.69, 9.17) is 19.4 Å². The first-order valence-electron chi connectivity index (χ1n) is 17.3. The number of rotatable bonds is 6. The Kier molecular flexibility index (Phi) is 9.53. The number of carbonyl (C=O) groups is 4. The lowest BCUT2D eigenvalue weighted by Crippen LogP contribution is -2.56. The summed E-state index contributed by atoms with van der Waals surface area (Å²) in [5.74, 6) is -2.15. The summed E-state index contributed by atoms with van der Waals surface area (Å²) in [7, 11) is 0. The van der Waals surface area contributed by atoms with Gasteiger partial charge in [0.1, 0.15) is 35.5 Å². The molecule has 12 nitrogen and oxygen atoms in total. The Morgan fingerprint density at radius 2 is 1.76 bits per heavy atom. The molecule has 0 radical (unpaired) electrons. The molecule has 3 fully saturated rings. The van der Waals surface area contributed by atoms with Gasteiger partial charge in [-0.05, 0) is 74.9 Å². The van der Waals surface area contributed by atoms with Gasteiger partial charge in [-0.2, -0.15) is 0 Å². The van der Waals surface area contributed by atoms with Crippen molar-refractivity contribution in [1.29, 1.82) is 0 Å². The molecule has 5 atom stereocenters. The van der Waals surface area contributed by atoms with Gasteiger partial charge in [0.25, 0.3) is 0 Å². The number of thiophene rings is 1. The highest BCUT2D eigenvalue weighted by atomic mass is 32.1. The number of aliphatic carboxylic acids is 1. The number of carboxylic acids is 1. The average molecular weight is 688 g/mol. The van der Waals surface area contributed by atoms with E-state index in [1.165, 1.54) is 16.2 Å². The zero-order valence-corrected chi connectivity index (χ0v) is 28.0. The van der Waals surface area contributed by atoms with Crippen LogP contribution in [0.25, 0.3) is 21.6 Å². The van der Waals surface area contributed by atoms with Crippen LogP contribution in [0.3, 0.4) is 0 Å². The zero-order valence-electron chi connectivity index (χ0n) is 27.2. The van der Waals surface area contributed by atoms with Crippen molar-refractivity contribution in [1.82, 2.24) is 25.5 Å². The molecule has 0 bridgehead atoms. The van der Waals surface area contributed by atoms with Gasteiger partial charge in [0.05, 0.1) is 22.5 Å². The van der Waals surface area contributed by atoms with Crippen LogP contribution in [0.15, 0.2) is 53.9 Å². The van der Waals surface area contributed by atoms with E-state index in [-0.39, 0.29) is 37.3 Å². The minimum atomic E-state index is -1.43. The molecule has 49 heavy (non-hydrogen) atoms. The third kappa shape index (κ3) is 7.12. The fraction of sp³-hybridized carbons (Fsp3) is 0.500. The van der Waals surface area contributed by atoms with Crippen LogP contribution in [0, 0.1) is 5.92 Å². The molecular weight excluding hydrogens is 646 g/mol. The lowest BCUT2D eigenvalue weighted by atomic mass is 10.0. The number of nitrogens with zero attached hydrogens (tertiary/aromatic N) is 3. The molecule has 13 heteroatoms. The summed E-state index contributed by atoms with van der Waals surface area (Å²) >= 11 is 1.50. The summed E-state index contributed by atoms with van der Waals surface area (Å²) < 4.78 is 12.2. The SMILES string of the molecule is O=C(N[C@@H]1CCCCC/C=C\[C@@H]2C[C@]2(C(=O)O)NC(=O)[C@@H]2C[C@H](Oc3nc4ccccc4nc3-c3cccs3)CN2C1=O)OC1CCCC1. The summed E-state index contributed by atoms with van der Waals surface area (Å²) in [4.78, 5) is 65.8. The number of hydrogen-bond donors (Lipinski definition) is 3. The van der Waals surface area contributed by atoms with E-state index in [1.54, 1.807) is 0 Å². The van der Waals surface area contributed by atoms with Crippen LogP contribution in [-0.2, 0) is 19.1 Å². The summed E-state index contributed by atoms with van der Waals surface area (Å²) in [6.07, 6.45) is 9.83. The minimum absolute atomic E-state index is 0.0363. The Morgan fingerprint density at radius 1 is 0.980 bits per heavy atom. The van der Waals surface area contributed by atoms with Gasteiger partial charge in [-0.3, -0.25) is 9.59 Å². The number of carbonyl (C=O) groups excluding carboxylic acids is 3. The number of carboxylic acid groups (broad SMARTS) is 1. The number of nitrogens with one attached hydrogen (secondary N) is 2. The second-order valence-corrected chi connectivity index (χ2v) is 14.4. The summed E-state index contributed by atoms with van der Waals surface area (Å²) in [6.45, 7) is 0.0363. The van der Waals surface area contributed by atoms with Gasteiger partial charge in [0, 0.05) is 12.3 Å². The van der Waals surface area contributed by atoms with Gasteiger partial charge in [-0.1, -0.05) is 43.2 Å². The molecule has 0 spiro atoms. The fourth-order valence-electron chi connectivity index (χ4n) is 7.28.